The molecule has 3 saturated carbocycles. The molecule has 5 amide bonds. The van der Waals surface area contributed by atoms with Gasteiger partial charge in [0.2, 0.25) is 17.6 Å². The number of sulfone groups is 1. The van der Waals surface area contributed by atoms with Crippen LogP contribution in [0, 0.1) is 23.2 Å². The van der Waals surface area contributed by atoms with Crippen LogP contribution in [0.5, 0.6) is 0 Å². The van der Waals surface area contributed by atoms with Crippen molar-refractivity contribution in [3.05, 3.63) is 0 Å². The Hall–Kier alpha value is -2.70. The first kappa shape index (κ1) is 40.5. The molecule has 0 spiro atoms. The number of piperidine rings is 1. The van der Waals surface area contributed by atoms with Gasteiger partial charge in [0.15, 0.2) is 9.84 Å². The van der Waals surface area contributed by atoms with Crippen LogP contribution in [0.1, 0.15) is 144 Å². The molecule has 0 unspecified atom stereocenters. The molecule has 0 aromatic heterocycles. The molecule has 2 aliphatic heterocycles. The van der Waals surface area contributed by atoms with E-state index in [2.05, 4.69) is 35.1 Å². The quantitative estimate of drug-likeness (QED) is 0.264. The fourth-order valence-electron chi connectivity index (χ4n) is 9.25. The van der Waals surface area contributed by atoms with E-state index < -0.39 is 67.1 Å². The third kappa shape index (κ3) is 8.81. The number of hydrogen-bond acceptors (Lipinski definition) is 7. The number of nitrogens with zero attached hydrogens (tertiary/aromatic N) is 1. The van der Waals surface area contributed by atoms with E-state index in [4.69, 9.17) is 0 Å². The predicted molar refractivity (Wildman–Crippen MR) is 200 cm³/mol. The zero-order valence-electron chi connectivity index (χ0n) is 32.5. The third-order valence-corrected chi connectivity index (χ3v) is 16.2. The Morgan fingerprint density at radius 3 is 2.06 bits per heavy atom. The molecule has 52 heavy (non-hydrogen) atoms. The van der Waals surface area contributed by atoms with Crippen molar-refractivity contribution in [3.8, 4) is 0 Å². The van der Waals surface area contributed by atoms with Crippen molar-refractivity contribution in [3.63, 3.8) is 0 Å². The molecule has 4 N–H and O–H groups in total. The van der Waals surface area contributed by atoms with E-state index in [1.165, 1.54) is 0 Å². The summed E-state index contributed by atoms with van der Waals surface area (Å²) in [7, 11) is -3.63. The largest absolute Gasteiger partial charge is 0.349 e. The summed E-state index contributed by atoms with van der Waals surface area (Å²) in [5.74, 6) is -1.71. The molecular formula is C39H65N5O7S. The van der Waals surface area contributed by atoms with Crippen LogP contribution in [0.2, 0.25) is 0 Å². The van der Waals surface area contributed by atoms with Crippen molar-refractivity contribution in [1.29, 1.82) is 0 Å². The van der Waals surface area contributed by atoms with E-state index in [0.717, 1.165) is 64.2 Å². The van der Waals surface area contributed by atoms with Crippen LogP contribution in [0.25, 0.3) is 0 Å². The van der Waals surface area contributed by atoms with Crippen LogP contribution in [0.3, 0.4) is 0 Å². The highest BCUT2D eigenvalue weighted by Gasteiger charge is 2.69. The van der Waals surface area contributed by atoms with Gasteiger partial charge in [-0.2, -0.15) is 0 Å². The maximum Gasteiger partial charge on any atom is 0.315 e. The number of amides is 5. The first-order chi connectivity index (χ1) is 24.4. The molecule has 0 aromatic rings. The van der Waals surface area contributed by atoms with E-state index in [1.54, 1.807) is 32.6 Å². The van der Waals surface area contributed by atoms with Gasteiger partial charge in [0.1, 0.15) is 12.1 Å². The molecule has 294 valence electrons. The van der Waals surface area contributed by atoms with Gasteiger partial charge in [-0.15, -0.1) is 0 Å². The van der Waals surface area contributed by atoms with Gasteiger partial charge in [0, 0.05) is 13.1 Å². The van der Waals surface area contributed by atoms with Gasteiger partial charge < -0.3 is 26.2 Å². The number of nitrogens with one attached hydrogen (secondary N) is 4. The Morgan fingerprint density at radius 1 is 0.885 bits per heavy atom. The van der Waals surface area contributed by atoms with Crippen LogP contribution in [0.4, 0.5) is 4.79 Å². The van der Waals surface area contributed by atoms with E-state index in [-0.39, 0.29) is 23.2 Å². The van der Waals surface area contributed by atoms with Gasteiger partial charge in [0.25, 0.3) is 5.91 Å². The van der Waals surface area contributed by atoms with Crippen LogP contribution >= 0.6 is 0 Å². The predicted octanol–water partition coefficient (Wildman–Crippen LogP) is 4.55. The lowest BCUT2D eigenvalue weighted by atomic mass is 9.79. The van der Waals surface area contributed by atoms with Crippen LogP contribution in [0.15, 0.2) is 0 Å². The van der Waals surface area contributed by atoms with E-state index in [9.17, 15) is 32.4 Å². The monoisotopic (exact) mass is 747 g/mol. The number of hydrogen-bond donors (Lipinski definition) is 4. The summed E-state index contributed by atoms with van der Waals surface area (Å²) in [6.45, 7) is 11.7. The fourth-order valence-corrected chi connectivity index (χ4v) is 11.2. The SMILES string of the molecule is C[C@H](C1(NC(=O)N[C@H]2CCCCCCCCC[C@@H](C(=O)C(=O)NCC3CC3)NC(=O)[C@@H]3[C@@H]4[C@H](CN3C2=O)C4(C)C)CCCCC1)S(=O)(=O)C(C)(C)C. The fraction of sp³-hybridized carbons (Fsp3) is 0.872. The van der Waals surface area contributed by atoms with Crippen LogP contribution in [-0.4, -0.2) is 89.6 Å². The first-order valence-corrected chi connectivity index (χ1v) is 21.7. The van der Waals surface area contributed by atoms with Gasteiger partial charge >= 0.3 is 6.03 Å². The minimum atomic E-state index is -3.63. The molecule has 3 aliphatic carbocycles. The topological polar surface area (TPSA) is 171 Å². The van der Waals surface area contributed by atoms with Crippen molar-refractivity contribution in [2.75, 3.05) is 13.1 Å². The molecule has 5 fully saturated rings. The summed E-state index contributed by atoms with van der Waals surface area (Å²) in [6, 6.07) is -3.29. The van der Waals surface area contributed by atoms with Crippen molar-refractivity contribution in [2.24, 2.45) is 23.2 Å². The summed E-state index contributed by atoms with van der Waals surface area (Å²) in [4.78, 5) is 70.6. The van der Waals surface area contributed by atoms with Gasteiger partial charge in [-0.25, -0.2) is 13.2 Å². The molecule has 6 atom stereocenters. The summed E-state index contributed by atoms with van der Waals surface area (Å²) in [5.41, 5.74) is -1.15. The number of carbonyl (C=O) groups excluding carboxylic acids is 5. The lowest BCUT2D eigenvalue weighted by molar-refractivity contribution is -0.144. The smallest absolute Gasteiger partial charge is 0.315 e. The second-order valence-corrected chi connectivity index (χ2v) is 21.2. The first-order valence-electron chi connectivity index (χ1n) is 20.2. The molecule has 13 heteroatoms. The van der Waals surface area contributed by atoms with E-state index in [1.807, 2.05) is 0 Å². The van der Waals surface area contributed by atoms with Crippen LogP contribution in [-0.2, 0) is 29.0 Å². The molecule has 5 rings (SSSR count). The standard InChI is InChI=1S/C39H65N5O7S/c1-25(52(50,51)37(2,3)4)39(21-15-12-16-22-39)43-36(49)42-29-18-14-11-9-7-8-10-13-17-28(32(45)34(47)40-23-26-19-20-26)41-33(46)31-30-27(38(30,5)6)24-44(31)35(29)48/h25-31H,7-24H2,1-6H3,(H,40,47)(H,41,46)(H2,42,43,49)/t25-,27+,28+,29+,30+,31+/m1/s1. The van der Waals surface area contributed by atoms with Gasteiger partial charge in [0.05, 0.1) is 21.6 Å². The lowest BCUT2D eigenvalue weighted by Gasteiger charge is -2.44. The Balaban J connectivity index is 1.37. The average molecular weight is 748 g/mol. The van der Waals surface area contributed by atoms with Gasteiger partial charge in [-0.05, 0) is 89.4 Å². The molecule has 2 heterocycles. The van der Waals surface area contributed by atoms with Crippen molar-refractivity contribution in [1.82, 2.24) is 26.2 Å². The Labute approximate surface area is 311 Å². The molecule has 2 saturated heterocycles. The van der Waals surface area contributed by atoms with Crippen molar-refractivity contribution in [2.45, 2.75) is 178 Å². The Bertz CT molecular complexity index is 1460. The number of ketones is 1. The van der Waals surface area contributed by atoms with Gasteiger partial charge in [-0.1, -0.05) is 78.1 Å². The normalized spacial score (nSPS) is 30.6. The summed E-state index contributed by atoms with van der Waals surface area (Å²) < 4.78 is 26.4. The van der Waals surface area contributed by atoms with Crippen LogP contribution < -0.4 is 21.3 Å². The highest BCUT2D eigenvalue weighted by Crippen LogP contribution is 2.65. The molecule has 12 nitrogen and oxygen atoms in total. The number of fused-ring (bicyclic) bond motifs is 3. The summed E-state index contributed by atoms with van der Waals surface area (Å²) in [6.07, 6.45) is 12.5. The summed E-state index contributed by atoms with van der Waals surface area (Å²) in [5, 5.41) is 10.9. The van der Waals surface area contributed by atoms with Crippen molar-refractivity contribution >= 4 is 39.4 Å². The van der Waals surface area contributed by atoms with Gasteiger partial charge in [-0.3, -0.25) is 19.2 Å². The maximum atomic E-state index is 14.5. The van der Waals surface area contributed by atoms with E-state index >= 15 is 0 Å². The molecule has 0 aromatic carbocycles. The molecule has 5 aliphatic rings. The minimum Gasteiger partial charge on any atom is -0.349 e. The molecule has 0 radical (unpaired) electrons. The zero-order valence-corrected chi connectivity index (χ0v) is 33.3. The molecule has 0 bridgehead atoms. The second-order valence-electron chi connectivity index (χ2n) is 18.2. The Kier molecular flexibility index (Phi) is 12.4. The maximum absolute atomic E-state index is 14.5. The van der Waals surface area contributed by atoms with Crippen molar-refractivity contribution < 1.29 is 32.4 Å². The number of Topliss-reactive ketones (excluding diaryl/α,β-unsaturated/α-hetero) is 1. The average Bonchev–Trinajstić information content (AvgIpc) is 3.95. The number of rotatable bonds is 8. The zero-order chi connectivity index (χ0) is 38.1. The summed E-state index contributed by atoms with van der Waals surface area (Å²) >= 11 is 0. The lowest BCUT2D eigenvalue weighted by Crippen LogP contribution is -2.64. The highest BCUT2D eigenvalue weighted by molar-refractivity contribution is 7.93. The minimum absolute atomic E-state index is 0.0914. The molecular weight excluding hydrogens is 683 g/mol. The number of carbonyl (C=O) groups is 5. The van der Waals surface area contributed by atoms with E-state index in [0.29, 0.717) is 57.5 Å². The third-order valence-electron chi connectivity index (χ3n) is 13.2. The number of urea groups is 1. The second kappa shape index (κ2) is 16.0. The highest BCUT2D eigenvalue weighted by atomic mass is 32.2. The Morgan fingerprint density at radius 2 is 1.46 bits per heavy atom.